The molecule has 1 aromatic carbocycles. The lowest BCUT2D eigenvalue weighted by Gasteiger charge is -2.35. The maximum absolute atomic E-state index is 12.6. The van der Waals surface area contributed by atoms with Gasteiger partial charge in [-0.1, -0.05) is 18.2 Å². The van der Waals surface area contributed by atoms with Gasteiger partial charge in [0.15, 0.2) is 0 Å². The molecule has 8 nitrogen and oxygen atoms in total. The predicted octanol–water partition coefficient (Wildman–Crippen LogP) is -0.0479. The Kier molecular flexibility index (Phi) is 5.12. The summed E-state index contributed by atoms with van der Waals surface area (Å²) in [6.45, 7) is 1.06. The Bertz CT molecular complexity index is 976. The van der Waals surface area contributed by atoms with E-state index in [0.717, 1.165) is 5.39 Å². The first-order chi connectivity index (χ1) is 12.3. The number of rotatable bonds is 4. The minimum absolute atomic E-state index is 0.0549. The van der Waals surface area contributed by atoms with Gasteiger partial charge < -0.3 is 4.90 Å². The van der Waals surface area contributed by atoms with Crippen LogP contribution in [0.2, 0.25) is 0 Å². The number of amides is 1. The number of pyridine rings is 1. The van der Waals surface area contributed by atoms with Crippen molar-refractivity contribution >= 4 is 27.0 Å². The van der Waals surface area contributed by atoms with Gasteiger partial charge in [0.05, 0.1) is 5.52 Å². The number of nitrogens with zero attached hydrogens (tertiary/aromatic N) is 4. The van der Waals surface area contributed by atoms with Gasteiger partial charge in [0, 0.05) is 46.3 Å². The normalized spacial score (nSPS) is 16.3. The highest BCUT2D eigenvalue weighted by Gasteiger charge is 2.30. The number of benzene rings is 1. The van der Waals surface area contributed by atoms with Crippen LogP contribution in [0.5, 0.6) is 0 Å². The fraction of sp³-hybridized carbons (Fsp3) is 0.412. The maximum atomic E-state index is 12.6. The van der Waals surface area contributed by atoms with Gasteiger partial charge in [-0.2, -0.15) is 17.0 Å². The number of hydrogen-bond donors (Lipinski definition) is 0. The predicted molar refractivity (Wildman–Crippen MR) is 99.0 cm³/mol. The first-order valence-electron chi connectivity index (χ1n) is 8.34. The van der Waals surface area contributed by atoms with Crippen LogP contribution in [0.15, 0.2) is 41.2 Å². The van der Waals surface area contributed by atoms with E-state index in [9.17, 15) is 18.0 Å². The molecule has 1 saturated heterocycles. The smallest absolute Gasteiger partial charge is 0.281 e. The molecule has 0 spiro atoms. The third-order valence-electron chi connectivity index (χ3n) is 4.57. The van der Waals surface area contributed by atoms with E-state index in [1.54, 1.807) is 11.0 Å². The minimum atomic E-state index is -3.47. The molecule has 1 aromatic heterocycles. The Morgan fingerprint density at radius 1 is 1.04 bits per heavy atom. The van der Waals surface area contributed by atoms with E-state index in [1.807, 2.05) is 24.3 Å². The van der Waals surface area contributed by atoms with Crippen molar-refractivity contribution in [2.75, 3.05) is 40.3 Å². The van der Waals surface area contributed by atoms with Crippen LogP contribution in [-0.4, -0.2) is 72.7 Å². The third-order valence-corrected chi connectivity index (χ3v) is 6.51. The van der Waals surface area contributed by atoms with Crippen molar-refractivity contribution in [3.63, 3.8) is 0 Å². The molecule has 0 N–H and O–H groups in total. The van der Waals surface area contributed by atoms with Crippen molar-refractivity contribution < 1.29 is 13.2 Å². The Labute approximate surface area is 152 Å². The van der Waals surface area contributed by atoms with Gasteiger partial charge in [0.25, 0.3) is 15.8 Å². The molecule has 0 aliphatic carbocycles. The van der Waals surface area contributed by atoms with Crippen LogP contribution in [0, 0.1) is 0 Å². The zero-order valence-corrected chi connectivity index (χ0v) is 15.6. The van der Waals surface area contributed by atoms with Crippen LogP contribution in [0.25, 0.3) is 10.9 Å². The van der Waals surface area contributed by atoms with Crippen molar-refractivity contribution in [1.82, 2.24) is 18.1 Å². The number of para-hydroxylation sites is 1. The number of fused-ring (bicyclic) bond motifs is 1. The molecule has 26 heavy (non-hydrogen) atoms. The Morgan fingerprint density at radius 3 is 2.35 bits per heavy atom. The van der Waals surface area contributed by atoms with Crippen molar-refractivity contribution in [2.24, 2.45) is 0 Å². The average molecular weight is 378 g/mol. The Morgan fingerprint density at radius 2 is 1.69 bits per heavy atom. The molecule has 1 amide bonds. The van der Waals surface area contributed by atoms with E-state index in [1.165, 1.54) is 33.3 Å². The molecule has 3 rings (SSSR count). The summed E-state index contributed by atoms with van der Waals surface area (Å²) in [7, 11) is -0.498. The lowest BCUT2D eigenvalue weighted by molar-refractivity contribution is -0.133. The Balaban J connectivity index is 1.73. The first-order valence-corrected chi connectivity index (χ1v) is 9.74. The summed E-state index contributed by atoms with van der Waals surface area (Å²) >= 11 is 0. The van der Waals surface area contributed by atoms with E-state index in [-0.39, 0.29) is 31.1 Å². The maximum Gasteiger partial charge on any atom is 0.281 e. The molecule has 2 aromatic rings. The monoisotopic (exact) mass is 378 g/mol. The van der Waals surface area contributed by atoms with Crippen LogP contribution >= 0.6 is 0 Å². The molecular formula is C17H22N4O4S. The van der Waals surface area contributed by atoms with Gasteiger partial charge in [-0.15, -0.1) is 0 Å². The van der Waals surface area contributed by atoms with Crippen molar-refractivity contribution in [3.8, 4) is 0 Å². The number of carbonyl (C=O) groups is 1. The summed E-state index contributed by atoms with van der Waals surface area (Å²) in [5.74, 6) is -0.189. The van der Waals surface area contributed by atoms with Crippen LogP contribution < -0.4 is 5.56 Å². The molecular weight excluding hydrogens is 356 g/mol. The number of piperazine rings is 1. The molecule has 0 bridgehead atoms. The number of hydrogen-bond acceptors (Lipinski definition) is 4. The molecule has 0 unspecified atom stereocenters. The fourth-order valence-corrected chi connectivity index (χ4v) is 4.13. The van der Waals surface area contributed by atoms with Gasteiger partial charge in [-0.3, -0.25) is 14.2 Å². The summed E-state index contributed by atoms with van der Waals surface area (Å²) < 4.78 is 28.3. The van der Waals surface area contributed by atoms with Crippen molar-refractivity contribution in [2.45, 2.75) is 6.54 Å². The zero-order chi connectivity index (χ0) is 18.9. The van der Waals surface area contributed by atoms with Crippen LogP contribution in [0.3, 0.4) is 0 Å². The van der Waals surface area contributed by atoms with Crippen molar-refractivity contribution in [1.29, 1.82) is 0 Å². The lowest BCUT2D eigenvalue weighted by Crippen LogP contribution is -2.53. The first kappa shape index (κ1) is 18.6. The minimum Gasteiger partial charge on any atom is -0.338 e. The van der Waals surface area contributed by atoms with E-state index < -0.39 is 10.2 Å². The number of aromatic nitrogens is 1. The summed E-state index contributed by atoms with van der Waals surface area (Å²) in [6.07, 6.45) is 0. The van der Waals surface area contributed by atoms with Crippen LogP contribution in [0.1, 0.15) is 0 Å². The van der Waals surface area contributed by atoms with Crippen molar-refractivity contribution in [3.05, 3.63) is 46.8 Å². The highest BCUT2D eigenvalue weighted by Crippen LogP contribution is 2.13. The SMILES string of the molecule is CN(C)S(=O)(=O)N1CCN(C(=O)Cn2c(=O)ccc3ccccc32)CC1. The van der Waals surface area contributed by atoms with Gasteiger partial charge in [-0.25, -0.2) is 0 Å². The average Bonchev–Trinajstić information content (AvgIpc) is 2.64. The topological polar surface area (TPSA) is 82.9 Å². The van der Waals surface area contributed by atoms with E-state index in [0.29, 0.717) is 18.6 Å². The highest BCUT2D eigenvalue weighted by molar-refractivity contribution is 7.86. The van der Waals surface area contributed by atoms with E-state index in [2.05, 4.69) is 0 Å². The van der Waals surface area contributed by atoms with Crippen LogP contribution in [0.4, 0.5) is 0 Å². The summed E-state index contributed by atoms with van der Waals surface area (Å²) in [6, 6.07) is 10.6. The summed E-state index contributed by atoms with van der Waals surface area (Å²) in [5.41, 5.74) is 0.480. The molecule has 140 valence electrons. The number of carbonyl (C=O) groups excluding carboxylic acids is 1. The van der Waals surface area contributed by atoms with Gasteiger partial charge in [-0.05, 0) is 17.5 Å². The summed E-state index contributed by atoms with van der Waals surface area (Å²) in [5, 5.41) is 0.891. The van der Waals surface area contributed by atoms with Gasteiger partial charge in [0.2, 0.25) is 5.91 Å². The molecule has 1 aliphatic rings. The van der Waals surface area contributed by atoms with Crippen LogP contribution in [-0.2, 0) is 21.5 Å². The van der Waals surface area contributed by atoms with Gasteiger partial charge >= 0.3 is 0 Å². The molecule has 9 heteroatoms. The molecule has 0 radical (unpaired) electrons. The van der Waals surface area contributed by atoms with E-state index >= 15 is 0 Å². The molecule has 1 fully saturated rings. The zero-order valence-electron chi connectivity index (χ0n) is 14.8. The van der Waals surface area contributed by atoms with Gasteiger partial charge in [0.1, 0.15) is 6.54 Å². The molecule has 1 aliphatic heterocycles. The fourth-order valence-electron chi connectivity index (χ4n) is 3.04. The molecule has 0 saturated carbocycles. The second-order valence-electron chi connectivity index (χ2n) is 6.39. The highest BCUT2D eigenvalue weighted by atomic mass is 32.2. The Hall–Kier alpha value is -2.23. The largest absolute Gasteiger partial charge is 0.338 e. The second kappa shape index (κ2) is 7.18. The molecule has 0 atom stereocenters. The second-order valence-corrected chi connectivity index (χ2v) is 8.53. The van der Waals surface area contributed by atoms with E-state index in [4.69, 9.17) is 0 Å². The quantitative estimate of drug-likeness (QED) is 0.747. The standard InChI is InChI=1S/C17H22N4O4S/c1-18(2)26(24,25)20-11-9-19(10-12-20)17(23)13-21-15-6-4-3-5-14(15)7-8-16(21)22/h3-8H,9-13H2,1-2H3. The summed E-state index contributed by atoms with van der Waals surface area (Å²) in [4.78, 5) is 26.5. The molecule has 2 heterocycles. The lowest BCUT2D eigenvalue weighted by atomic mass is 10.2. The third kappa shape index (κ3) is 3.50.